The van der Waals surface area contributed by atoms with Gasteiger partial charge in [-0.05, 0) is 27.7 Å². The van der Waals surface area contributed by atoms with E-state index < -0.39 is 29.7 Å². The lowest BCUT2D eigenvalue weighted by molar-refractivity contribution is -0.129. The molecule has 0 saturated heterocycles. The quantitative estimate of drug-likeness (QED) is 0.639. The second-order valence-electron chi connectivity index (χ2n) is 4.49. The molecule has 0 bridgehead atoms. The topological polar surface area (TPSA) is 87.7 Å². The summed E-state index contributed by atoms with van der Waals surface area (Å²) in [6.45, 7) is 6.70. The van der Waals surface area contributed by atoms with Crippen LogP contribution in [0.25, 0.3) is 0 Å². The fourth-order valence-electron chi connectivity index (χ4n) is 0.947. The molecule has 94 valence electrons. The molecule has 2 amide bonds. The van der Waals surface area contributed by atoms with E-state index in [9.17, 15) is 14.7 Å². The molecule has 16 heavy (non-hydrogen) atoms. The summed E-state index contributed by atoms with van der Waals surface area (Å²) in [6, 6.07) is -0.713. The van der Waals surface area contributed by atoms with Gasteiger partial charge in [0.2, 0.25) is 0 Å². The van der Waals surface area contributed by atoms with Gasteiger partial charge in [0, 0.05) is 7.05 Å². The fraction of sp³-hybridized carbons (Fsp3) is 0.800. The number of hydrogen-bond donors (Lipinski definition) is 3. The molecule has 6 heteroatoms. The third kappa shape index (κ3) is 5.55. The number of aliphatic hydroxyl groups excluding tert-OH is 1. The molecule has 0 spiro atoms. The van der Waals surface area contributed by atoms with Gasteiger partial charge in [0.15, 0.2) is 6.10 Å². The minimum Gasteiger partial charge on any atom is -0.444 e. The van der Waals surface area contributed by atoms with E-state index in [2.05, 4.69) is 10.6 Å². The van der Waals surface area contributed by atoms with Crippen LogP contribution in [0.5, 0.6) is 0 Å². The lowest BCUT2D eigenvalue weighted by Gasteiger charge is -2.23. The van der Waals surface area contributed by atoms with Crippen LogP contribution in [0.4, 0.5) is 4.79 Å². The van der Waals surface area contributed by atoms with Crippen molar-refractivity contribution in [2.24, 2.45) is 0 Å². The first-order chi connectivity index (χ1) is 7.17. The molecule has 0 rings (SSSR count). The Morgan fingerprint density at radius 3 is 2.19 bits per heavy atom. The molecule has 0 aliphatic heterocycles. The number of amides is 2. The Hall–Kier alpha value is -1.30. The highest BCUT2D eigenvalue weighted by atomic mass is 16.6. The van der Waals surface area contributed by atoms with Gasteiger partial charge >= 0.3 is 6.09 Å². The van der Waals surface area contributed by atoms with Gasteiger partial charge in [-0.1, -0.05) is 0 Å². The van der Waals surface area contributed by atoms with Crippen LogP contribution < -0.4 is 10.6 Å². The predicted molar refractivity (Wildman–Crippen MR) is 58.9 cm³/mol. The van der Waals surface area contributed by atoms with Crippen LogP contribution in [0.2, 0.25) is 0 Å². The van der Waals surface area contributed by atoms with Gasteiger partial charge in [-0.3, -0.25) is 4.79 Å². The molecule has 3 N–H and O–H groups in total. The van der Waals surface area contributed by atoms with Crippen molar-refractivity contribution in [2.45, 2.75) is 45.4 Å². The maximum absolute atomic E-state index is 11.3. The first kappa shape index (κ1) is 14.7. The summed E-state index contributed by atoms with van der Waals surface area (Å²) in [5.74, 6) is -0.552. The third-order valence-electron chi connectivity index (χ3n) is 1.73. The second-order valence-corrected chi connectivity index (χ2v) is 4.49. The van der Waals surface area contributed by atoms with E-state index >= 15 is 0 Å². The molecule has 0 aliphatic rings. The van der Waals surface area contributed by atoms with Gasteiger partial charge in [-0.25, -0.2) is 4.79 Å². The molecule has 0 aromatic heterocycles. The van der Waals surface area contributed by atoms with Gasteiger partial charge in [-0.15, -0.1) is 0 Å². The summed E-state index contributed by atoms with van der Waals surface area (Å²) in [5.41, 5.74) is -0.609. The van der Waals surface area contributed by atoms with Crippen molar-refractivity contribution in [1.29, 1.82) is 0 Å². The zero-order valence-electron chi connectivity index (χ0n) is 10.3. The highest BCUT2D eigenvalue weighted by molar-refractivity contribution is 5.81. The van der Waals surface area contributed by atoms with Gasteiger partial charge in [-0.2, -0.15) is 0 Å². The molecule has 0 radical (unpaired) electrons. The highest BCUT2D eigenvalue weighted by Gasteiger charge is 2.25. The van der Waals surface area contributed by atoms with Crippen molar-refractivity contribution < 1.29 is 19.4 Å². The Morgan fingerprint density at radius 2 is 1.81 bits per heavy atom. The summed E-state index contributed by atoms with van der Waals surface area (Å²) in [5, 5.41) is 14.1. The molecule has 2 atom stereocenters. The molecule has 0 fully saturated rings. The monoisotopic (exact) mass is 232 g/mol. The van der Waals surface area contributed by atoms with Crippen LogP contribution in [-0.2, 0) is 9.53 Å². The van der Waals surface area contributed by atoms with E-state index in [4.69, 9.17) is 4.74 Å². The van der Waals surface area contributed by atoms with E-state index in [0.717, 1.165) is 0 Å². The third-order valence-corrected chi connectivity index (χ3v) is 1.73. The first-order valence-electron chi connectivity index (χ1n) is 5.06. The van der Waals surface area contributed by atoms with Crippen molar-refractivity contribution in [3.05, 3.63) is 0 Å². The first-order valence-corrected chi connectivity index (χ1v) is 5.06. The number of carbonyl (C=O) groups excluding carboxylic acids is 2. The number of likely N-dealkylation sites (N-methyl/N-ethyl adjacent to an activating group) is 1. The van der Waals surface area contributed by atoms with E-state index in [1.165, 1.54) is 14.0 Å². The Balaban J connectivity index is 4.19. The standard InChI is InChI=1S/C10H20N2O4/c1-6(7(13)8(14)11-5)12-9(15)16-10(2,3)4/h6-7,13H,1-5H3,(H,11,14)(H,12,15). The summed E-state index contributed by atoms with van der Waals surface area (Å²) in [4.78, 5) is 22.4. The Bertz CT molecular complexity index is 260. The van der Waals surface area contributed by atoms with Gasteiger partial charge in [0.25, 0.3) is 5.91 Å². The van der Waals surface area contributed by atoms with Crippen molar-refractivity contribution >= 4 is 12.0 Å². The molecule has 0 aromatic carbocycles. The van der Waals surface area contributed by atoms with Crippen LogP contribution in [0, 0.1) is 0 Å². The minimum atomic E-state index is -1.29. The molecule has 0 heterocycles. The van der Waals surface area contributed by atoms with E-state index in [-0.39, 0.29) is 0 Å². The number of hydrogen-bond acceptors (Lipinski definition) is 4. The van der Waals surface area contributed by atoms with Crippen molar-refractivity contribution in [3.63, 3.8) is 0 Å². The number of alkyl carbamates (subject to hydrolysis) is 1. The molecule has 0 aliphatic carbocycles. The van der Waals surface area contributed by atoms with Crippen LogP contribution in [0.15, 0.2) is 0 Å². The second kappa shape index (κ2) is 5.69. The van der Waals surface area contributed by atoms with Crippen LogP contribution in [0.1, 0.15) is 27.7 Å². The zero-order chi connectivity index (χ0) is 12.9. The SMILES string of the molecule is CNC(=O)C(O)C(C)NC(=O)OC(C)(C)C. The molecule has 6 nitrogen and oxygen atoms in total. The number of carbonyl (C=O) groups is 2. The Kier molecular flexibility index (Phi) is 5.23. The number of rotatable bonds is 3. The van der Waals surface area contributed by atoms with Crippen LogP contribution in [-0.4, -0.2) is 41.9 Å². The van der Waals surface area contributed by atoms with Crippen LogP contribution >= 0.6 is 0 Å². The average Bonchev–Trinajstić information content (AvgIpc) is 2.12. The molecular weight excluding hydrogens is 212 g/mol. The maximum Gasteiger partial charge on any atom is 0.407 e. The number of ether oxygens (including phenoxy) is 1. The van der Waals surface area contributed by atoms with Crippen molar-refractivity contribution in [2.75, 3.05) is 7.05 Å². The minimum absolute atomic E-state index is 0.552. The lowest BCUT2D eigenvalue weighted by Crippen LogP contribution is -2.49. The average molecular weight is 232 g/mol. The van der Waals surface area contributed by atoms with Gasteiger partial charge < -0.3 is 20.5 Å². The Labute approximate surface area is 95.4 Å². The molecule has 0 saturated carbocycles. The van der Waals surface area contributed by atoms with Crippen LogP contribution in [0.3, 0.4) is 0 Å². The van der Waals surface area contributed by atoms with Gasteiger partial charge in [0.1, 0.15) is 5.60 Å². The largest absolute Gasteiger partial charge is 0.444 e. The number of aliphatic hydroxyl groups is 1. The normalized spacial score (nSPS) is 14.9. The fourth-order valence-corrected chi connectivity index (χ4v) is 0.947. The summed E-state index contributed by atoms with van der Waals surface area (Å²) in [6.07, 6.45) is -1.96. The Morgan fingerprint density at radius 1 is 1.31 bits per heavy atom. The summed E-state index contributed by atoms with van der Waals surface area (Å²) in [7, 11) is 1.41. The molecule has 0 aromatic rings. The lowest BCUT2D eigenvalue weighted by atomic mass is 10.2. The molecule has 2 unspecified atom stereocenters. The smallest absolute Gasteiger partial charge is 0.407 e. The summed E-state index contributed by atoms with van der Waals surface area (Å²) >= 11 is 0. The van der Waals surface area contributed by atoms with Crippen molar-refractivity contribution in [1.82, 2.24) is 10.6 Å². The van der Waals surface area contributed by atoms with Crippen molar-refractivity contribution in [3.8, 4) is 0 Å². The highest BCUT2D eigenvalue weighted by Crippen LogP contribution is 2.07. The zero-order valence-corrected chi connectivity index (χ0v) is 10.3. The number of nitrogens with one attached hydrogen (secondary N) is 2. The predicted octanol–water partition coefficient (Wildman–Crippen LogP) is 0.00650. The summed E-state index contributed by atoms with van der Waals surface area (Å²) < 4.78 is 4.98. The molecular formula is C10H20N2O4. The van der Waals surface area contributed by atoms with E-state index in [0.29, 0.717) is 0 Å². The van der Waals surface area contributed by atoms with E-state index in [1.807, 2.05) is 0 Å². The maximum atomic E-state index is 11.3. The van der Waals surface area contributed by atoms with E-state index in [1.54, 1.807) is 20.8 Å². The van der Waals surface area contributed by atoms with Gasteiger partial charge in [0.05, 0.1) is 6.04 Å².